The average molecular weight is 230 g/mol. The number of hydrogen-bond acceptors (Lipinski definition) is 1. The molecule has 1 unspecified atom stereocenters. The van der Waals surface area contributed by atoms with Crippen molar-refractivity contribution in [3.05, 3.63) is 35.1 Å². The van der Waals surface area contributed by atoms with Gasteiger partial charge in [0.05, 0.1) is 0 Å². The van der Waals surface area contributed by atoms with Gasteiger partial charge in [-0.2, -0.15) is 0 Å². The van der Waals surface area contributed by atoms with E-state index in [9.17, 15) is 18.0 Å². The van der Waals surface area contributed by atoms with E-state index < -0.39 is 29.5 Å². The van der Waals surface area contributed by atoms with Gasteiger partial charge in [0.2, 0.25) is 0 Å². The summed E-state index contributed by atoms with van der Waals surface area (Å²) in [6.45, 7) is 1.43. The van der Waals surface area contributed by atoms with Crippen LogP contribution in [-0.4, -0.2) is 17.0 Å². The molecule has 0 bridgehead atoms. The lowest BCUT2D eigenvalue weighted by atomic mass is 9.91. The van der Waals surface area contributed by atoms with Crippen molar-refractivity contribution in [3.8, 4) is 0 Å². The zero-order valence-corrected chi connectivity index (χ0v) is 8.43. The van der Waals surface area contributed by atoms with Gasteiger partial charge < -0.3 is 5.11 Å². The van der Waals surface area contributed by atoms with E-state index in [-0.39, 0.29) is 11.1 Å². The van der Waals surface area contributed by atoms with E-state index in [0.29, 0.717) is 0 Å². The number of benzene rings is 1. The minimum absolute atomic E-state index is 0.00796. The minimum atomic E-state index is -3.25. The van der Waals surface area contributed by atoms with Crippen molar-refractivity contribution in [3.63, 3.8) is 0 Å². The normalized spacial score (nSPS) is 26.5. The maximum atomic E-state index is 13.2. The first-order valence-corrected chi connectivity index (χ1v) is 4.69. The second kappa shape index (κ2) is 2.99. The predicted octanol–water partition coefficient (Wildman–Crippen LogP) is 2.50. The molecule has 2 rings (SSSR count). The van der Waals surface area contributed by atoms with Gasteiger partial charge in [-0.3, -0.25) is 4.79 Å². The molecular formula is C11H9F3O2. The van der Waals surface area contributed by atoms with Crippen LogP contribution in [0.1, 0.15) is 17.5 Å². The van der Waals surface area contributed by atoms with Gasteiger partial charge in [0.1, 0.15) is 5.82 Å². The number of aliphatic carboxylic acids is 1. The summed E-state index contributed by atoms with van der Waals surface area (Å²) in [5.74, 6) is -5.38. The molecule has 1 aliphatic carbocycles. The molecule has 1 saturated carbocycles. The van der Waals surface area contributed by atoms with Crippen molar-refractivity contribution >= 4 is 5.97 Å². The van der Waals surface area contributed by atoms with E-state index in [1.165, 1.54) is 6.92 Å². The molecule has 0 aliphatic heterocycles. The molecule has 5 heteroatoms. The van der Waals surface area contributed by atoms with Crippen molar-refractivity contribution in [1.29, 1.82) is 0 Å². The molecule has 0 aromatic heterocycles. The Bertz CT molecular complexity index is 470. The first kappa shape index (κ1) is 11.0. The van der Waals surface area contributed by atoms with Crippen LogP contribution in [0.15, 0.2) is 18.2 Å². The third kappa shape index (κ3) is 1.24. The van der Waals surface area contributed by atoms with Crippen LogP contribution in [0.5, 0.6) is 0 Å². The Balaban J connectivity index is 2.56. The molecule has 0 amide bonds. The van der Waals surface area contributed by atoms with Crippen molar-refractivity contribution in [2.45, 2.75) is 24.7 Å². The number of hydrogen-bond donors (Lipinski definition) is 1. The fraction of sp³-hybridized carbons (Fsp3) is 0.364. The molecule has 2 nitrogen and oxygen atoms in total. The zero-order valence-electron chi connectivity index (χ0n) is 8.43. The quantitative estimate of drug-likeness (QED) is 0.847. The highest BCUT2D eigenvalue weighted by Crippen LogP contribution is 2.62. The number of carbonyl (C=O) groups is 1. The monoisotopic (exact) mass is 230 g/mol. The second-order valence-electron chi connectivity index (χ2n) is 4.05. The largest absolute Gasteiger partial charge is 0.480 e. The highest BCUT2D eigenvalue weighted by molar-refractivity contribution is 5.88. The molecule has 0 saturated heterocycles. The summed E-state index contributed by atoms with van der Waals surface area (Å²) < 4.78 is 39.2. The first-order valence-electron chi connectivity index (χ1n) is 4.69. The van der Waals surface area contributed by atoms with Crippen molar-refractivity contribution in [2.24, 2.45) is 0 Å². The minimum Gasteiger partial charge on any atom is -0.480 e. The van der Waals surface area contributed by atoms with Crippen molar-refractivity contribution < 1.29 is 23.1 Å². The number of halogens is 3. The summed E-state index contributed by atoms with van der Waals surface area (Å²) in [5, 5.41) is 8.91. The lowest BCUT2D eigenvalue weighted by Crippen LogP contribution is -2.28. The molecule has 1 aliphatic rings. The van der Waals surface area contributed by atoms with Crippen LogP contribution in [-0.2, 0) is 10.2 Å². The highest BCUT2D eigenvalue weighted by atomic mass is 19.3. The number of aryl methyl sites for hydroxylation is 1. The van der Waals surface area contributed by atoms with E-state index in [2.05, 4.69) is 0 Å². The molecule has 86 valence electrons. The van der Waals surface area contributed by atoms with Gasteiger partial charge in [-0.15, -0.1) is 0 Å². The summed E-state index contributed by atoms with van der Waals surface area (Å²) in [4.78, 5) is 11.0. The molecule has 1 atom stereocenters. The fourth-order valence-electron chi connectivity index (χ4n) is 2.03. The number of carboxylic acid groups (broad SMARTS) is 1. The molecule has 16 heavy (non-hydrogen) atoms. The predicted molar refractivity (Wildman–Crippen MR) is 50.0 cm³/mol. The summed E-state index contributed by atoms with van der Waals surface area (Å²) >= 11 is 0. The van der Waals surface area contributed by atoms with Crippen LogP contribution in [0, 0.1) is 12.7 Å². The lowest BCUT2D eigenvalue weighted by Gasteiger charge is -2.14. The van der Waals surface area contributed by atoms with Crippen LogP contribution in [0.3, 0.4) is 0 Å². The molecule has 0 radical (unpaired) electrons. The van der Waals surface area contributed by atoms with Crippen LogP contribution >= 0.6 is 0 Å². The summed E-state index contributed by atoms with van der Waals surface area (Å²) in [6, 6.07) is 3.19. The Morgan fingerprint density at radius 1 is 1.44 bits per heavy atom. The molecule has 0 spiro atoms. The smallest absolute Gasteiger partial charge is 0.320 e. The highest BCUT2D eigenvalue weighted by Gasteiger charge is 2.77. The van der Waals surface area contributed by atoms with Gasteiger partial charge in [-0.25, -0.2) is 13.2 Å². The maximum absolute atomic E-state index is 13.2. The SMILES string of the molecule is Cc1cc(F)ccc1C1(C(=O)O)CC1(F)F. The second-order valence-corrected chi connectivity index (χ2v) is 4.05. The fourth-order valence-corrected chi connectivity index (χ4v) is 2.03. The molecule has 1 aromatic rings. The summed E-state index contributed by atoms with van der Waals surface area (Å²) in [5.41, 5.74) is -1.93. The van der Waals surface area contributed by atoms with Gasteiger partial charge >= 0.3 is 5.97 Å². The Hall–Kier alpha value is -1.52. The van der Waals surface area contributed by atoms with E-state index in [1.54, 1.807) is 0 Å². The molecule has 1 aromatic carbocycles. The van der Waals surface area contributed by atoms with Gasteiger partial charge in [0, 0.05) is 6.42 Å². The summed E-state index contributed by atoms with van der Waals surface area (Å²) in [6.07, 6.45) is -0.720. The molecule has 1 N–H and O–H groups in total. The van der Waals surface area contributed by atoms with E-state index in [4.69, 9.17) is 5.11 Å². The van der Waals surface area contributed by atoms with Gasteiger partial charge in [-0.1, -0.05) is 6.07 Å². The Kier molecular flexibility index (Phi) is 2.05. The van der Waals surface area contributed by atoms with E-state index >= 15 is 0 Å². The Labute approximate surface area is 89.7 Å². The van der Waals surface area contributed by atoms with Gasteiger partial charge in [0.25, 0.3) is 5.92 Å². The van der Waals surface area contributed by atoms with Crippen LogP contribution in [0.2, 0.25) is 0 Å². The number of carboxylic acids is 1. The molecule has 0 heterocycles. The van der Waals surface area contributed by atoms with E-state index in [0.717, 1.165) is 18.2 Å². The molecule has 1 fully saturated rings. The number of rotatable bonds is 2. The number of alkyl halides is 2. The average Bonchev–Trinajstić information content (AvgIpc) is 2.70. The van der Waals surface area contributed by atoms with Crippen LogP contribution in [0.4, 0.5) is 13.2 Å². The van der Waals surface area contributed by atoms with Crippen LogP contribution in [0.25, 0.3) is 0 Å². The Morgan fingerprint density at radius 2 is 2.00 bits per heavy atom. The topological polar surface area (TPSA) is 37.3 Å². The van der Waals surface area contributed by atoms with E-state index in [1.807, 2.05) is 0 Å². The Morgan fingerprint density at radius 3 is 2.38 bits per heavy atom. The zero-order chi connectivity index (χ0) is 12.1. The third-order valence-corrected chi connectivity index (χ3v) is 3.00. The van der Waals surface area contributed by atoms with Gasteiger partial charge in [-0.05, 0) is 30.2 Å². The first-order chi connectivity index (χ1) is 7.31. The third-order valence-electron chi connectivity index (χ3n) is 3.00. The van der Waals surface area contributed by atoms with Crippen molar-refractivity contribution in [1.82, 2.24) is 0 Å². The maximum Gasteiger partial charge on any atom is 0.320 e. The molecular weight excluding hydrogens is 221 g/mol. The lowest BCUT2D eigenvalue weighted by molar-refractivity contribution is -0.143. The van der Waals surface area contributed by atoms with Crippen LogP contribution < -0.4 is 0 Å². The van der Waals surface area contributed by atoms with Crippen molar-refractivity contribution in [2.75, 3.05) is 0 Å². The summed E-state index contributed by atoms with van der Waals surface area (Å²) in [7, 11) is 0. The standard InChI is InChI=1S/C11H9F3O2/c1-6-4-7(12)2-3-8(6)10(9(15)16)5-11(10,13)14/h2-4H,5H2,1H3,(H,15,16). The van der Waals surface area contributed by atoms with Gasteiger partial charge in [0.15, 0.2) is 5.41 Å².